The van der Waals surface area contributed by atoms with E-state index >= 15 is 0 Å². The van der Waals surface area contributed by atoms with Crippen LogP contribution in [0.3, 0.4) is 0 Å². The third kappa shape index (κ3) is 4.84. The molecule has 11 heteroatoms. The molecule has 4 aromatic heterocycles. The number of aromatic nitrogens is 4. The first-order valence-corrected chi connectivity index (χ1v) is 15.4. The van der Waals surface area contributed by atoms with E-state index in [4.69, 9.17) is 9.72 Å². The normalized spacial score (nSPS) is 25.4. The first-order valence-electron chi connectivity index (χ1n) is 15.4. The van der Waals surface area contributed by atoms with Gasteiger partial charge < -0.3 is 19.6 Å². The number of carbonyl (C=O) groups is 1. The number of ether oxygens (including phenoxy) is 1. The predicted molar refractivity (Wildman–Crippen MR) is 162 cm³/mol. The molecule has 0 spiro atoms. The molecule has 1 saturated carbocycles. The Morgan fingerprint density at radius 3 is 2.75 bits per heavy atom. The summed E-state index contributed by atoms with van der Waals surface area (Å²) < 4.78 is 7.85. The van der Waals surface area contributed by atoms with E-state index in [1.165, 1.54) is 0 Å². The largest absolute Gasteiger partial charge is 0.492 e. The summed E-state index contributed by atoms with van der Waals surface area (Å²) in [5.74, 6) is 2.14. The van der Waals surface area contributed by atoms with E-state index in [1.54, 1.807) is 16.9 Å². The van der Waals surface area contributed by atoms with E-state index in [0.717, 1.165) is 80.1 Å². The molecule has 1 N–H and O–H groups in total. The minimum Gasteiger partial charge on any atom is -0.492 e. The van der Waals surface area contributed by atoms with Crippen molar-refractivity contribution >= 4 is 17.2 Å². The fourth-order valence-electron chi connectivity index (χ4n) is 7.37. The molecule has 44 heavy (non-hydrogen) atoms. The van der Waals surface area contributed by atoms with E-state index < -0.39 is 5.60 Å². The second kappa shape index (κ2) is 10.6. The van der Waals surface area contributed by atoms with Crippen molar-refractivity contribution in [2.45, 2.75) is 43.4 Å². The van der Waals surface area contributed by atoms with Gasteiger partial charge in [-0.15, -0.1) is 0 Å². The molecule has 1 amide bonds. The fraction of sp³-hybridized carbons (Fsp3) is 0.424. The number of rotatable bonds is 9. The molecule has 2 bridgehead atoms. The van der Waals surface area contributed by atoms with Gasteiger partial charge in [-0.3, -0.25) is 14.7 Å². The van der Waals surface area contributed by atoms with Crippen LogP contribution in [0.15, 0.2) is 61.2 Å². The molecule has 0 radical (unpaired) electrons. The highest BCUT2D eigenvalue weighted by Gasteiger charge is 2.58. The Morgan fingerprint density at radius 1 is 1.14 bits per heavy atom. The SMILES string of the molecule is N#Cc1cnn2cc(OCCCN3CC4CC4(O)C3)cc(-c3ccc(N4CC5CC(C4)N5C(=O)Cc4ccccn4)nc3)c12. The number of piperazine rings is 1. The standard InChI is InChI=1S/C33H34N8O3/c34-14-23-16-37-40-20-28(44-9-3-8-38-17-24-13-33(24,43)21-38)12-29(32(23)40)22-5-6-30(36-15-22)39-18-26-11-27(19-39)41(26)31(42)10-25-4-1-2-7-35-25/h1-2,4-7,12,15-16,20,24,26-27,43H,3,8-11,13,17-19,21H2. The molecule has 0 aromatic carbocycles. The van der Waals surface area contributed by atoms with Crippen LogP contribution in [0.1, 0.15) is 30.5 Å². The summed E-state index contributed by atoms with van der Waals surface area (Å²) in [4.78, 5) is 28.7. The molecule has 5 fully saturated rings. The molecule has 4 unspecified atom stereocenters. The van der Waals surface area contributed by atoms with E-state index in [2.05, 4.69) is 26.0 Å². The van der Waals surface area contributed by atoms with Gasteiger partial charge in [0.1, 0.15) is 17.6 Å². The average Bonchev–Trinajstić information content (AvgIpc) is 3.32. The summed E-state index contributed by atoms with van der Waals surface area (Å²) in [7, 11) is 0. The van der Waals surface area contributed by atoms with Crippen LogP contribution < -0.4 is 9.64 Å². The molecule has 5 aliphatic rings. The molecule has 4 aliphatic heterocycles. The summed E-state index contributed by atoms with van der Waals surface area (Å²) in [5, 5.41) is 24.5. The first kappa shape index (κ1) is 27.0. The van der Waals surface area contributed by atoms with Crippen molar-refractivity contribution in [3.63, 3.8) is 0 Å². The number of hydrogen-bond donors (Lipinski definition) is 1. The lowest BCUT2D eigenvalue weighted by molar-refractivity contribution is -0.145. The number of nitriles is 1. The van der Waals surface area contributed by atoms with E-state index in [1.807, 2.05) is 53.7 Å². The van der Waals surface area contributed by atoms with Crippen molar-refractivity contribution in [1.82, 2.24) is 29.4 Å². The fourth-order valence-corrected chi connectivity index (χ4v) is 7.37. The Morgan fingerprint density at radius 2 is 2.02 bits per heavy atom. The van der Waals surface area contributed by atoms with Crippen molar-refractivity contribution in [1.29, 1.82) is 5.26 Å². The number of amides is 1. The molecule has 224 valence electrons. The summed E-state index contributed by atoms with van der Waals surface area (Å²) >= 11 is 0. The lowest BCUT2D eigenvalue weighted by Crippen LogP contribution is -2.70. The number of piperidine rings is 2. The van der Waals surface area contributed by atoms with Crippen LogP contribution in [-0.4, -0.2) is 97.4 Å². The van der Waals surface area contributed by atoms with Crippen LogP contribution in [0.2, 0.25) is 0 Å². The van der Waals surface area contributed by atoms with E-state index in [-0.39, 0.29) is 18.0 Å². The molecular weight excluding hydrogens is 556 g/mol. The van der Waals surface area contributed by atoms with Gasteiger partial charge in [0.15, 0.2) is 0 Å². The monoisotopic (exact) mass is 590 g/mol. The maximum Gasteiger partial charge on any atom is 0.229 e. The third-order valence-electron chi connectivity index (χ3n) is 9.69. The number of carbonyl (C=O) groups excluding carboxylic acids is 1. The molecule has 4 aromatic rings. The van der Waals surface area contributed by atoms with Gasteiger partial charge in [0.2, 0.25) is 5.91 Å². The maximum atomic E-state index is 13.0. The van der Waals surface area contributed by atoms with Crippen LogP contribution in [-0.2, 0) is 11.2 Å². The summed E-state index contributed by atoms with van der Waals surface area (Å²) in [6.07, 6.45) is 10.1. The predicted octanol–water partition coefficient (Wildman–Crippen LogP) is 2.53. The second-order valence-electron chi connectivity index (χ2n) is 12.6. The highest BCUT2D eigenvalue weighted by atomic mass is 16.5. The van der Waals surface area contributed by atoms with Gasteiger partial charge in [0.25, 0.3) is 0 Å². The van der Waals surface area contributed by atoms with Crippen molar-refractivity contribution in [3.8, 4) is 22.9 Å². The highest BCUT2D eigenvalue weighted by Crippen LogP contribution is 2.49. The third-order valence-corrected chi connectivity index (χ3v) is 9.69. The van der Waals surface area contributed by atoms with Crippen molar-refractivity contribution < 1.29 is 14.6 Å². The van der Waals surface area contributed by atoms with Gasteiger partial charge in [-0.05, 0) is 49.6 Å². The molecule has 1 aliphatic carbocycles. The van der Waals surface area contributed by atoms with Gasteiger partial charge in [-0.1, -0.05) is 6.07 Å². The highest BCUT2D eigenvalue weighted by molar-refractivity contribution is 5.85. The second-order valence-corrected chi connectivity index (χ2v) is 12.6. The van der Waals surface area contributed by atoms with Crippen LogP contribution in [0, 0.1) is 17.2 Å². The van der Waals surface area contributed by atoms with Crippen molar-refractivity contribution in [2.75, 3.05) is 44.2 Å². The number of nitrogens with zero attached hydrogens (tertiary/aromatic N) is 8. The van der Waals surface area contributed by atoms with Crippen molar-refractivity contribution in [3.05, 3.63) is 72.4 Å². The summed E-state index contributed by atoms with van der Waals surface area (Å²) in [5.41, 5.74) is 3.30. The van der Waals surface area contributed by atoms with Crippen molar-refractivity contribution in [2.24, 2.45) is 5.92 Å². The van der Waals surface area contributed by atoms with Crippen LogP contribution in [0.25, 0.3) is 16.6 Å². The summed E-state index contributed by atoms with van der Waals surface area (Å²) in [6, 6.07) is 14.3. The average molecular weight is 591 g/mol. The minimum atomic E-state index is -0.433. The molecule has 11 nitrogen and oxygen atoms in total. The number of likely N-dealkylation sites (tertiary alicyclic amines) is 1. The van der Waals surface area contributed by atoms with Crippen LogP contribution >= 0.6 is 0 Å². The van der Waals surface area contributed by atoms with Gasteiger partial charge >= 0.3 is 0 Å². The lowest BCUT2D eigenvalue weighted by atomic mass is 9.86. The zero-order valence-electron chi connectivity index (χ0n) is 24.4. The Bertz CT molecular complexity index is 1740. The van der Waals surface area contributed by atoms with Crippen LogP contribution in [0.5, 0.6) is 5.75 Å². The number of β-amino-alcohol motifs (C(OH)–C–C–N with tert-alkyl or cyclic N) is 1. The maximum absolute atomic E-state index is 13.0. The quantitative estimate of drug-likeness (QED) is 0.293. The zero-order chi connectivity index (χ0) is 29.8. The van der Waals surface area contributed by atoms with Gasteiger partial charge in [0, 0.05) is 67.9 Å². The van der Waals surface area contributed by atoms with Gasteiger partial charge in [-0.2, -0.15) is 10.4 Å². The summed E-state index contributed by atoms with van der Waals surface area (Å²) in [6.45, 7) is 4.69. The smallest absolute Gasteiger partial charge is 0.229 e. The van der Waals surface area contributed by atoms with Gasteiger partial charge in [-0.25, -0.2) is 9.50 Å². The topological polar surface area (TPSA) is 123 Å². The number of hydrogen-bond acceptors (Lipinski definition) is 9. The van der Waals surface area contributed by atoms with Gasteiger partial charge in [0.05, 0.1) is 54.2 Å². The number of anilines is 1. The van der Waals surface area contributed by atoms with E-state index in [0.29, 0.717) is 30.3 Å². The molecule has 4 atom stereocenters. The van der Waals surface area contributed by atoms with Crippen LogP contribution in [0.4, 0.5) is 5.82 Å². The Hall–Kier alpha value is -4.53. The Balaban J connectivity index is 0.941. The minimum absolute atomic E-state index is 0.138. The Labute approximate surface area is 255 Å². The molecular formula is C33H34N8O3. The Kier molecular flexibility index (Phi) is 6.50. The number of fused-ring (bicyclic) bond motifs is 4. The van der Waals surface area contributed by atoms with E-state index in [9.17, 15) is 15.2 Å². The zero-order valence-corrected chi connectivity index (χ0v) is 24.4. The molecule has 8 heterocycles. The molecule has 4 saturated heterocycles. The first-order chi connectivity index (χ1) is 21.5. The number of pyridine rings is 3. The lowest BCUT2D eigenvalue weighted by Gasteiger charge is -2.56. The number of aliphatic hydroxyl groups is 1. The molecule has 9 rings (SSSR count).